The van der Waals surface area contributed by atoms with Gasteiger partial charge in [0.2, 0.25) is 11.8 Å². The highest BCUT2D eigenvalue weighted by Gasteiger charge is 2.34. The Morgan fingerprint density at radius 2 is 2.07 bits per heavy atom. The third-order valence-electron chi connectivity index (χ3n) is 4.66. The van der Waals surface area contributed by atoms with Gasteiger partial charge in [0.25, 0.3) is 5.56 Å². The van der Waals surface area contributed by atoms with E-state index in [9.17, 15) is 14.4 Å². The number of carbonyl (C=O) groups excluding carboxylic acids is 2. The summed E-state index contributed by atoms with van der Waals surface area (Å²) in [7, 11) is 0. The molecule has 1 aliphatic rings. The van der Waals surface area contributed by atoms with Crippen molar-refractivity contribution in [2.75, 3.05) is 18.2 Å². The average molecular weight is 415 g/mol. The zero-order valence-electron chi connectivity index (χ0n) is 15.1. The van der Waals surface area contributed by atoms with Crippen LogP contribution in [0.2, 0.25) is 0 Å². The molecule has 0 spiro atoms. The summed E-state index contributed by atoms with van der Waals surface area (Å²) in [6.07, 6.45) is 1.93. The van der Waals surface area contributed by atoms with Crippen LogP contribution in [0.1, 0.15) is 12.0 Å². The summed E-state index contributed by atoms with van der Waals surface area (Å²) in [6.45, 7) is 0.805. The Labute approximate surface area is 169 Å². The summed E-state index contributed by atoms with van der Waals surface area (Å²) in [5.74, 6) is -0.913. The molecule has 0 bridgehead atoms. The van der Waals surface area contributed by atoms with E-state index in [0.717, 1.165) is 5.56 Å². The Morgan fingerprint density at radius 1 is 1.29 bits per heavy atom. The molecule has 9 heteroatoms. The SMILES string of the molecule is CSc1nc2ccsc2c(=O)n1NC(=O)C1CC(=O)N(Cc2ccccc2)C1. The van der Waals surface area contributed by atoms with Crippen LogP contribution in [0.25, 0.3) is 10.2 Å². The largest absolute Gasteiger partial charge is 0.338 e. The molecule has 1 fully saturated rings. The van der Waals surface area contributed by atoms with E-state index in [0.29, 0.717) is 28.5 Å². The van der Waals surface area contributed by atoms with Crippen molar-refractivity contribution in [2.24, 2.45) is 5.92 Å². The van der Waals surface area contributed by atoms with Crippen molar-refractivity contribution in [2.45, 2.75) is 18.1 Å². The monoisotopic (exact) mass is 414 g/mol. The van der Waals surface area contributed by atoms with Gasteiger partial charge >= 0.3 is 0 Å². The highest BCUT2D eigenvalue weighted by atomic mass is 32.2. The second-order valence-electron chi connectivity index (χ2n) is 6.51. The molecule has 1 aromatic carbocycles. The minimum Gasteiger partial charge on any atom is -0.338 e. The fraction of sp³-hybridized carbons (Fsp3) is 0.263. The van der Waals surface area contributed by atoms with Crippen molar-refractivity contribution in [3.8, 4) is 0 Å². The summed E-state index contributed by atoms with van der Waals surface area (Å²) in [5.41, 5.74) is 4.00. The van der Waals surface area contributed by atoms with Crippen molar-refractivity contribution < 1.29 is 9.59 Å². The number of carbonyl (C=O) groups is 2. The molecule has 2 amide bonds. The maximum Gasteiger partial charge on any atom is 0.291 e. The van der Waals surface area contributed by atoms with Crippen molar-refractivity contribution in [1.82, 2.24) is 14.6 Å². The summed E-state index contributed by atoms with van der Waals surface area (Å²) in [6, 6.07) is 11.4. The van der Waals surface area contributed by atoms with Gasteiger partial charge in [0, 0.05) is 19.5 Å². The zero-order valence-corrected chi connectivity index (χ0v) is 16.8. The Hall–Kier alpha value is -2.65. The molecule has 1 saturated heterocycles. The van der Waals surface area contributed by atoms with Crippen molar-refractivity contribution in [3.63, 3.8) is 0 Å². The van der Waals surface area contributed by atoms with Gasteiger partial charge in [0.1, 0.15) is 4.70 Å². The number of likely N-dealkylation sites (tertiary alicyclic amines) is 1. The predicted molar refractivity (Wildman–Crippen MR) is 110 cm³/mol. The lowest BCUT2D eigenvalue weighted by atomic mass is 10.1. The van der Waals surface area contributed by atoms with Gasteiger partial charge in [-0.25, -0.2) is 4.98 Å². The second kappa shape index (κ2) is 7.76. The standard InChI is InChI=1S/C19H18N4O3S2/c1-27-19-20-14-7-8-28-16(14)18(26)23(19)21-17(25)13-9-15(24)22(11-13)10-12-5-3-2-4-6-12/h2-8,13H,9-11H2,1H3,(H,21,25). The van der Waals surface area contributed by atoms with Crippen molar-refractivity contribution >= 4 is 45.1 Å². The lowest BCUT2D eigenvalue weighted by Crippen LogP contribution is -2.38. The Bertz CT molecular complexity index is 1090. The summed E-state index contributed by atoms with van der Waals surface area (Å²) in [4.78, 5) is 43.9. The van der Waals surface area contributed by atoms with Crippen molar-refractivity contribution in [3.05, 3.63) is 57.7 Å². The topological polar surface area (TPSA) is 84.3 Å². The van der Waals surface area contributed by atoms with Gasteiger partial charge in [-0.15, -0.1) is 11.3 Å². The first-order chi connectivity index (χ1) is 13.6. The van der Waals surface area contributed by atoms with Crippen LogP contribution in [0, 0.1) is 5.92 Å². The van der Waals surface area contributed by atoms with Crippen LogP contribution < -0.4 is 11.0 Å². The summed E-state index contributed by atoms with van der Waals surface area (Å²) < 4.78 is 1.68. The lowest BCUT2D eigenvalue weighted by Gasteiger charge is -2.17. The van der Waals surface area contributed by atoms with Crippen LogP contribution in [0.5, 0.6) is 0 Å². The van der Waals surface area contributed by atoms with Crippen LogP contribution in [0.3, 0.4) is 0 Å². The fourth-order valence-electron chi connectivity index (χ4n) is 3.23. The summed E-state index contributed by atoms with van der Waals surface area (Å²) in [5, 5.41) is 2.21. The van der Waals surface area contributed by atoms with Gasteiger partial charge in [-0.05, 0) is 23.3 Å². The van der Waals surface area contributed by atoms with Gasteiger partial charge in [0.05, 0.1) is 11.4 Å². The van der Waals surface area contributed by atoms with E-state index in [4.69, 9.17) is 0 Å². The van der Waals surface area contributed by atoms with E-state index in [1.54, 1.807) is 22.6 Å². The highest BCUT2D eigenvalue weighted by Crippen LogP contribution is 2.22. The first-order valence-corrected chi connectivity index (χ1v) is 10.8. The van der Waals surface area contributed by atoms with E-state index in [2.05, 4.69) is 10.4 Å². The smallest absolute Gasteiger partial charge is 0.291 e. The average Bonchev–Trinajstić information content (AvgIpc) is 3.31. The summed E-state index contributed by atoms with van der Waals surface area (Å²) >= 11 is 2.57. The number of hydrogen-bond donors (Lipinski definition) is 1. The van der Waals surface area contributed by atoms with Crippen LogP contribution in [0.15, 0.2) is 51.7 Å². The van der Waals surface area contributed by atoms with E-state index in [1.807, 2.05) is 30.3 Å². The fourth-order valence-corrected chi connectivity index (χ4v) is 4.49. The molecule has 7 nitrogen and oxygen atoms in total. The maximum absolute atomic E-state index is 12.8. The minimum absolute atomic E-state index is 0.0618. The third kappa shape index (κ3) is 3.55. The number of nitrogens with zero attached hydrogens (tertiary/aromatic N) is 3. The van der Waals surface area contributed by atoms with Gasteiger partial charge < -0.3 is 4.90 Å². The molecule has 4 rings (SSSR count). The number of benzene rings is 1. The number of thiophene rings is 1. The molecular weight excluding hydrogens is 396 g/mol. The molecule has 0 saturated carbocycles. The normalized spacial score (nSPS) is 16.7. The van der Waals surface area contributed by atoms with Gasteiger partial charge in [-0.2, -0.15) is 4.68 Å². The van der Waals surface area contributed by atoms with Gasteiger partial charge in [0.15, 0.2) is 5.16 Å². The van der Waals surface area contributed by atoms with Gasteiger partial charge in [-0.1, -0.05) is 42.1 Å². The maximum atomic E-state index is 12.8. The van der Waals surface area contributed by atoms with Crippen LogP contribution >= 0.6 is 23.1 Å². The quantitative estimate of drug-likeness (QED) is 0.512. The van der Waals surface area contributed by atoms with Crippen LogP contribution in [0.4, 0.5) is 0 Å². The number of aromatic nitrogens is 2. The molecule has 2 aromatic heterocycles. The Balaban J connectivity index is 1.51. The molecule has 28 heavy (non-hydrogen) atoms. The Kier molecular flexibility index (Phi) is 5.19. The first-order valence-electron chi connectivity index (χ1n) is 8.73. The molecule has 3 aromatic rings. The molecule has 3 heterocycles. The number of amides is 2. The van der Waals surface area contributed by atoms with Crippen LogP contribution in [-0.2, 0) is 16.1 Å². The van der Waals surface area contributed by atoms with Gasteiger partial charge in [-0.3, -0.25) is 19.8 Å². The number of rotatable bonds is 5. The number of thioether (sulfide) groups is 1. The molecule has 0 radical (unpaired) electrons. The molecule has 144 valence electrons. The number of nitrogens with one attached hydrogen (secondary N) is 1. The predicted octanol–water partition coefficient (Wildman–Crippen LogP) is 2.30. The Morgan fingerprint density at radius 3 is 2.82 bits per heavy atom. The zero-order chi connectivity index (χ0) is 19.7. The second-order valence-corrected chi connectivity index (χ2v) is 8.20. The molecule has 1 N–H and O–H groups in total. The van der Waals surface area contributed by atoms with E-state index in [-0.39, 0.29) is 23.8 Å². The molecule has 1 aliphatic heterocycles. The third-order valence-corrected chi connectivity index (χ3v) is 6.19. The molecular formula is C19H18N4O3S2. The number of hydrogen-bond acceptors (Lipinski definition) is 6. The molecule has 1 atom stereocenters. The minimum atomic E-state index is -0.503. The van der Waals surface area contributed by atoms with E-state index in [1.165, 1.54) is 27.8 Å². The van der Waals surface area contributed by atoms with Crippen LogP contribution in [-0.4, -0.2) is 39.2 Å². The first kappa shape index (κ1) is 18.7. The van der Waals surface area contributed by atoms with E-state index >= 15 is 0 Å². The molecule has 0 aliphatic carbocycles. The van der Waals surface area contributed by atoms with E-state index < -0.39 is 5.92 Å². The van der Waals surface area contributed by atoms with Crippen molar-refractivity contribution in [1.29, 1.82) is 0 Å². The lowest BCUT2D eigenvalue weighted by molar-refractivity contribution is -0.128. The number of fused-ring (bicyclic) bond motifs is 1. The molecule has 1 unspecified atom stereocenters. The highest BCUT2D eigenvalue weighted by molar-refractivity contribution is 7.98.